The van der Waals surface area contributed by atoms with E-state index in [2.05, 4.69) is 5.32 Å². The minimum Gasteiger partial charge on any atom is -0.493 e. The average molecular weight is 229 g/mol. The lowest BCUT2D eigenvalue weighted by molar-refractivity contribution is 0.211. The van der Waals surface area contributed by atoms with E-state index in [1.165, 1.54) is 7.11 Å². The highest BCUT2D eigenvalue weighted by atomic mass is 19.2. The molecule has 1 fully saturated rings. The Morgan fingerprint density at radius 1 is 1.25 bits per heavy atom. The van der Waals surface area contributed by atoms with Crippen molar-refractivity contribution in [2.24, 2.45) is 0 Å². The number of halogens is 2. The number of hydrogen-bond donors (Lipinski definition) is 1. The Hall–Kier alpha value is -1.36. The molecule has 3 nitrogen and oxygen atoms in total. The van der Waals surface area contributed by atoms with Gasteiger partial charge in [-0.1, -0.05) is 0 Å². The monoisotopic (exact) mass is 229 g/mol. The van der Waals surface area contributed by atoms with E-state index in [9.17, 15) is 8.78 Å². The molecule has 1 aliphatic heterocycles. The standard InChI is InChI=1S/C11H13F2NO2/c1-15-10-4-8(12)9(13)5-11(10)16-7-2-3-14-6-7/h4-5,7,14H,2-3,6H2,1H3. The summed E-state index contributed by atoms with van der Waals surface area (Å²) in [5.41, 5.74) is 0. The Morgan fingerprint density at radius 2 is 1.94 bits per heavy atom. The van der Waals surface area contributed by atoms with Gasteiger partial charge < -0.3 is 14.8 Å². The van der Waals surface area contributed by atoms with Crippen LogP contribution in [0.4, 0.5) is 8.78 Å². The first-order valence-corrected chi connectivity index (χ1v) is 5.11. The van der Waals surface area contributed by atoms with Crippen molar-refractivity contribution in [3.8, 4) is 11.5 Å². The number of hydrogen-bond acceptors (Lipinski definition) is 3. The van der Waals surface area contributed by atoms with Gasteiger partial charge >= 0.3 is 0 Å². The molecule has 2 rings (SSSR count). The minimum absolute atomic E-state index is 0.0150. The molecule has 88 valence electrons. The van der Waals surface area contributed by atoms with Crippen molar-refractivity contribution < 1.29 is 18.3 Å². The number of rotatable bonds is 3. The zero-order valence-electron chi connectivity index (χ0n) is 8.93. The molecule has 0 aliphatic carbocycles. The summed E-state index contributed by atoms with van der Waals surface area (Å²) in [6, 6.07) is 2.01. The van der Waals surface area contributed by atoms with Crippen molar-refractivity contribution in [2.75, 3.05) is 20.2 Å². The van der Waals surface area contributed by atoms with Crippen molar-refractivity contribution >= 4 is 0 Å². The van der Waals surface area contributed by atoms with E-state index in [1.54, 1.807) is 0 Å². The summed E-state index contributed by atoms with van der Waals surface area (Å²) in [6.07, 6.45) is 0.834. The SMILES string of the molecule is COc1cc(F)c(F)cc1OC1CCNC1. The maximum Gasteiger partial charge on any atom is 0.164 e. The van der Waals surface area contributed by atoms with Crippen LogP contribution in [0.1, 0.15) is 6.42 Å². The Morgan fingerprint density at radius 3 is 2.50 bits per heavy atom. The third-order valence-electron chi connectivity index (χ3n) is 2.52. The summed E-state index contributed by atoms with van der Waals surface area (Å²) in [5.74, 6) is -1.41. The maximum atomic E-state index is 13.0. The normalized spacial score (nSPS) is 19.8. The fraction of sp³-hybridized carbons (Fsp3) is 0.455. The fourth-order valence-electron chi connectivity index (χ4n) is 1.67. The third-order valence-corrected chi connectivity index (χ3v) is 2.52. The van der Waals surface area contributed by atoms with Gasteiger partial charge in [0.1, 0.15) is 6.10 Å². The largest absolute Gasteiger partial charge is 0.493 e. The van der Waals surface area contributed by atoms with Crippen LogP contribution >= 0.6 is 0 Å². The van der Waals surface area contributed by atoms with Gasteiger partial charge in [-0.2, -0.15) is 0 Å². The van der Waals surface area contributed by atoms with Crippen molar-refractivity contribution in [1.82, 2.24) is 5.32 Å². The zero-order valence-corrected chi connectivity index (χ0v) is 8.93. The third kappa shape index (κ3) is 2.24. The van der Waals surface area contributed by atoms with Crippen molar-refractivity contribution in [2.45, 2.75) is 12.5 Å². The summed E-state index contributed by atoms with van der Waals surface area (Å²) in [6.45, 7) is 1.58. The molecule has 1 saturated heterocycles. The molecule has 1 aromatic rings. The van der Waals surface area contributed by atoms with Crippen molar-refractivity contribution in [1.29, 1.82) is 0 Å². The second kappa shape index (κ2) is 4.65. The Labute approximate surface area is 92.4 Å². The highest BCUT2D eigenvalue weighted by Crippen LogP contribution is 2.30. The topological polar surface area (TPSA) is 30.5 Å². The van der Waals surface area contributed by atoms with Gasteiger partial charge in [-0.25, -0.2) is 8.78 Å². The van der Waals surface area contributed by atoms with Crippen LogP contribution < -0.4 is 14.8 Å². The van der Waals surface area contributed by atoms with Crippen molar-refractivity contribution in [3.63, 3.8) is 0 Å². The number of ether oxygens (including phenoxy) is 2. The molecule has 0 radical (unpaired) electrons. The van der Waals surface area contributed by atoms with E-state index in [0.717, 1.165) is 25.1 Å². The summed E-state index contributed by atoms with van der Waals surface area (Å²) in [4.78, 5) is 0. The van der Waals surface area contributed by atoms with Crippen LogP contribution in [-0.4, -0.2) is 26.3 Å². The number of nitrogens with one attached hydrogen (secondary N) is 1. The van der Waals surface area contributed by atoms with E-state index in [0.29, 0.717) is 6.54 Å². The van der Waals surface area contributed by atoms with Gasteiger partial charge in [0.25, 0.3) is 0 Å². The van der Waals surface area contributed by atoms with Crippen LogP contribution in [0.5, 0.6) is 11.5 Å². The number of benzene rings is 1. The van der Waals surface area contributed by atoms with Gasteiger partial charge in [-0.15, -0.1) is 0 Å². The van der Waals surface area contributed by atoms with Crippen LogP contribution in [0.3, 0.4) is 0 Å². The molecule has 1 N–H and O–H groups in total. The lowest BCUT2D eigenvalue weighted by atomic mass is 10.2. The van der Waals surface area contributed by atoms with E-state index in [-0.39, 0.29) is 17.6 Å². The van der Waals surface area contributed by atoms with Crippen LogP contribution in [-0.2, 0) is 0 Å². The first-order valence-electron chi connectivity index (χ1n) is 5.11. The average Bonchev–Trinajstić information content (AvgIpc) is 2.76. The van der Waals surface area contributed by atoms with E-state index >= 15 is 0 Å². The first-order chi connectivity index (χ1) is 7.70. The lowest BCUT2D eigenvalue weighted by Crippen LogP contribution is -2.20. The highest BCUT2D eigenvalue weighted by molar-refractivity contribution is 5.40. The maximum absolute atomic E-state index is 13.0. The first kappa shape index (κ1) is 11.1. The molecule has 0 amide bonds. The van der Waals surface area contributed by atoms with Gasteiger partial charge in [-0.3, -0.25) is 0 Å². The second-order valence-corrected chi connectivity index (χ2v) is 3.65. The Bertz CT molecular complexity index is 378. The highest BCUT2D eigenvalue weighted by Gasteiger charge is 2.19. The summed E-state index contributed by atoms with van der Waals surface area (Å²) >= 11 is 0. The molecule has 0 bridgehead atoms. The van der Waals surface area contributed by atoms with Crippen LogP contribution in [0.2, 0.25) is 0 Å². The minimum atomic E-state index is -0.936. The van der Waals surface area contributed by atoms with Gasteiger partial charge in [-0.05, 0) is 13.0 Å². The molecule has 0 spiro atoms. The smallest absolute Gasteiger partial charge is 0.164 e. The van der Waals surface area contributed by atoms with Gasteiger partial charge in [0.15, 0.2) is 23.1 Å². The van der Waals surface area contributed by atoms with E-state index in [4.69, 9.17) is 9.47 Å². The zero-order chi connectivity index (χ0) is 11.5. The predicted molar refractivity (Wildman–Crippen MR) is 54.8 cm³/mol. The molecule has 0 saturated carbocycles. The molecule has 1 aromatic carbocycles. The van der Waals surface area contributed by atoms with Gasteiger partial charge in [0.2, 0.25) is 0 Å². The molecular weight excluding hydrogens is 216 g/mol. The fourth-order valence-corrected chi connectivity index (χ4v) is 1.67. The Kier molecular flexibility index (Phi) is 3.24. The van der Waals surface area contributed by atoms with E-state index < -0.39 is 11.6 Å². The second-order valence-electron chi connectivity index (χ2n) is 3.65. The summed E-state index contributed by atoms with van der Waals surface area (Å²) in [7, 11) is 1.40. The lowest BCUT2D eigenvalue weighted by Gasteiger charge is -2.15. The van der Waals surface area contributed by atoms with Gasteiger partial charge in [0.05, 0.1) is 7.11 Å². The molecule has 1 atom stereocenters. The van der Waals surface area contributed by atoms with Crippen molar-refractivity contribution in [3.05, 3.63) is 23.8 Å². The molecule has 16 heavy (non-hydrogen) atoms. The molecule has 0 aromatic heterocycles. The molecule has 1 heterocycles. The van der Waals surface area contributed by atoms with Crippen LogP contribution in [0.25, 0.3) is 0 Å². The molecular formula is C11H13F2NO2. The molecule has 1 unspecified atom stereocenters. The quantitative estimate of drug-likeness (QED) is 0.856. The summed E-state index contributed by atoms with van der Waals surface area (Å²) < 4.78 is 36.5. The van der Waals surface area contributed by atoms with Gasteiger partial charge in [0, 0.05) is 18.7 Å². The van der Waals surface area contributed by atoms with E-state index in [1.807, 2.05) is 0 Å². The number of methoxy groups -OCH3 is 1. The predicted octanol–water partition coefficient (Wildman–Crippen LogP) is 1.71. The molecule has 1 aliphatic rings. The molecule has 5 heteroatoms. The van der Waals surface area contributed by atoms with Crippen LogP contribution in [0.15, 0.2) is 12.1 Å². The van der Waals surface area contributed by atoms with Crippen LogP contribution in [0, 0.1) is 11.6 Å². The Balaban J connectivity index is 2.20. The summed E-state index contributed by atoms with van der Waals surface area (Å²) in [5, 5.41) is 3.12.